The van der Waals surface area contributed by atoms with E-state index in [1.54, 1.807) is 6.20 Å². The zero-order valence-corrected chi connectivity index (χ0v) is 10.5. The van der Waals surface area contributed by atoms with Gasteiger partial charge in [0.05, 0.1) is 25.0 Å². The van der Waals surface area contributed by atoms with Crippen LogP contribution in [0.1, 0.15) is 12.8 Å². The maximum atomic E-state index is 6.06. The number of hydrogen-bond donors (Lipinski definition) is 1. The van der Waals surface area contributed by atoms with Crippen LogP contribution in [-0.4, -0.2) is 24.5 Å². The Bertz CT molecular complexity index is 547. The third-order valence-corrected chi connectivity index (χ3v) is 3.24. The molecule has 1 aliphatic rings. The Morgan fingerprint density at radius 3 is 2.68 bits per heavy atom. The summed E-state index contributed by atoms with van der Waals surface area (Å²) < 4.78 is 16.3. The average molecular weight is 260 g/mol. The van der Waals surface area contributed by atoms with Gasteiger partial charge in [-0.3, -0.25) is 0 Å². The second-order valence-corrected chi connectivity index (χ2v) is 4.53. The van der Waals surface area contributed by atoms with Gasteiger partial charge in [0.25, 0.3) is 0 Å². The quantitative estimate of drug-likeness (QED) is 0.918. The lowest BCUT2D eigenvalue weighted by Gasteiger charge is -2.24. The molecule has 0 amide bonds. The number of rotatable bonds is 3. The van der Waals surface area contributed by atoms with E-state index in [9.17, 15) is 0 Å². The standard InChI is InChI=1S/C14H16N2O3/c15-14-12(9-16-19-14)11-3-1-2-4-13(11)18-10-5-7-17-8-6-10/h1-4,9-10H,5-8,15H2. The molecule has 1 fully saturated rings. The summed E-state index contributed by atoms with van der Waals surface area (Å²) in [5.74, 6) is 1.12. The first-order valence-corrected chi connectivity index (χ1v) is 6.38. The van der Waals surface area contributed by atoms with E-state index in [4.69, 9.17) is 19.7 Å². The SMILES string of the molecule is Nc1oncc1-c1ccccc1OC1CCOCC1. The van der Waals surface area contributed by atoms with Gasteiger partial charge in [-0.15, -0.1) is 0 Å². The van der Waals surface area contributed by atoms with Gasteiger partial charge in [0.2, 0.25) is 5.88 Å². The largest absolute Gasteiger partial charge is 0.490 e. The van der Waals surface area contributed by atoms with Crippen LogP contribution in [0.3, 0.4) is 0 Å². The molecular weight excluding hydrogens is 244 g/mol. The van der Waals surface area contributed by atoms with Gasteiger partial charge in [0, 0.05) is 18.4 Å². The molecule has 5 nitrogen and oxygen atoms in total. The van der Waals surface area contributed by atoms with Crippen molar-refractivity contribution >= 4 is 5.88 Å². The third kappa shape index (κ3) is 2.56. The van der Waals surface area contributed by atoms with Crippen LogP contribution in [0.25, 0.3) is 11.1 Å². The minimum Gasteiger partial charge on any atom is -0.490 e. The number of aromatic nitrogens is 1. The van der Waals surface area contributed by atoms with Crippen molar-refractivity contribution in [2.45, 2.75) is 18.9 Å². The summed E-state index contributed by atoms with van der Waals surface area (Å²) in [5.41, 5.74) is 7.45. The Hall–Kier alpha value is -2.01. The fourth-order valence-electron chi connectivity index (χ4n) is 2.22. The molecule has 1 aromatic carbocycles. The van der Waals surface area contributed by atoms with E-state index < -0.39 is 0 Å². The molecule has 1 saturated heterocycles. The minimum atomic E-state index is 0.191. The molecule has 0 spiro atoms. The van der Waals surface area contributed by atoms with Crippen LogP contribution < -0.4 is 10.5 Å². The first-order chi connectivity index (χ1) is 9.34. The normalized spacial score (nSPS) is 16.4. The molecule has 5 heteroatoms. The lowest BCUT2D eigenvalue weighted by molar-refractivity contribution is 0.0258. The molecule has 0 aliphatic carbocycles. The fraction of sp³-hybridized carbons (Fsp3) is 0.357. The van der Waals surface area contributed by atoms with E-state index in [-0.39, 0.29) is 6.10 Å². The Morgan fingerprint density at radius 1 is 1.16 bits per heavy atom. The summed E-state index contributed by atoms with van der Waals surface area (Å²) in [6.07, 6.45) is 3.62. The zero-order valence-electron chi connectivity index (χ0n) is 10.5. The Kier molecular flexibility index (Phi) is 3.37. The maximum Gasteiger partial charge on any atom is 0.230 e. The fourth-order valence-corrected chi connectivity index (χ4v) is 2.22. The highest BCUT2D eigenvalue weighted by Crippen LogP contribution is 2.34. The maximum absolute atomic E-state index is 6.06. The van der Waals surface area contributed by atoms with Crippen molar-refractivity contribution in [3.63, 3.8) is 0 Å². The molecule has 0 bridgehead atoms. The number of nitrogens with two attached hydrogens (primary N) is 1. The van der Waals surface area contributed by atoms with Crippen molar-refractivity contribution in [1.82, 2.24) is 5.16 Å². The molecule has 0 unspecified atom stereocenters. The molecule has 1 aliphatic heterocycles. The zero-order chi connectivity index (χ0) is 13.1. The van der Waals surface area contributed by atoms with Crippen molar-refractivity contribution in [3.8, 4) is 16.9 Å². The molecule has 100 valence electrons. The Labute approximate surface area is 111 Å². The molecule has 19 heavy (non-hydrogen) atoms. The Morgan fingerprint density at radius 2 is 1.95 bits per heavy atom. The van der Waals surface area contributed by atoms with Gasteiger partial charge in [-0.2, -0.15) is 0 Å². The predicted molar refractivity (Wildman–Crippen MR) is 70.8 cm³/mol. The first-order valence-electron chi connectivity index (χ1n) is 6.38. The number of ether oxygens (including phenoxy) is 2. The molecule has 0 saturated carbocycles. The van der Waals surface area contributed by atoms with E-state index in [0.717, 1.165) is 42.9 Å². The highest BCUT2D eigenvalue weighted by Gasteiger charge is 2.18. The minimum absolute atomic E-state index is 0.191. The Balaban J connectivity index is 1.87. The van der Waals surface area contributed by atoms with E-state index >= 15 is 0 Å². The molecular formula is C14H16N2O3. The lowest BCUT2D eigenvalue weighted by Crippen LogP contribution is -2.26. The van der Waals surface area contributed by atoms with Crippen LogP contribution in [0, 0.1) is 0 Å². The van der Waals surface area contributed by atoms with Crippen LogP contribution in [0.2, 0.25) is 0 Å². The highest BCUT2D eigenvalue weighted by molar-refractivity contribution is 5.76. The summed E-state index contributed by atoms with van der Waals surface area (Å²) in [5, 5.41) is 3.71. The smallest absolute Gasteiger partial charge is 0.230 e. The van der Waals surface area contributed by atoms with Gasteiger partial charge < -0.3 is 19.7 Å². The molecule has 2 heterocycles. The summed E-state index contributed by atoms with van der Waals surface area (Å²) >= 11 is 0. The van der Waals surface area contributed by atoms with E-state index in [2.05, 4.69) is 5.16 Å². The van der Waals surface area contributed by atoms with Gasteiger partial charge in [0.1, 0.15) is 11.9 Å². The van der Waals surface area contributed by atoms with E-state index in [1.807, 2.05) is 24.3 Å². The van der Waals surface area contributed by atoms with Crippen molar-refractivity contribution in [2.24, 2.45) is 0 Å². The van der Waals surface area contributed by atoms with Crippen LogP contribution in [0.5, 0.6) is 5.75 Å². The van der Waals surface area contributed by atoms with Gasteiger partial charge in [-0.25, -0.2) is 0 Å². The van der Waals surface area contributed by atoms with Crippen LogP contribution >= 0.6 is 0 Å². The predicted octanol–water partition coefficient (Wildman–Crippen LogP) is 2.48. The van der Waals surface area contributed by atoms with Gasteiger partial charge >= 0.3 is 0 Å². The van der Waals surface area contributed by atoms with Crippen molar-refractivity contribution < 1.29 is 14.0 Å². The van der Waals surface area contributed by atoms with Crippen LogP contribution in [0.4, 0.5) is 5.88 Å². The molecule has 0 radical (unpaired) electrons. The van der Waals surface area contributed by atoms with E-state index in [1.165, 1.54) is 0 Å². The van der Waals surface area contributed by atoms with Gasteiger partial charge in [0.15, 0.2) is 0 Å². The van der Waals surface area contributed by atoms with Crippen molar-refractivity contribution in [3.05, 3.63) is 30.5 Å². The van der Waals surface area contributed by atoms with Gasteiger partial charge in [-0.1, -0.05) is 23.4 Å². The summed E-state index contributed by atoms with van der Waals surface area (Å²) in [6.45, 7) is 1.50. The number of benzene rings is 1. The number of nitrogen functional groups attached to an aromatic ring is 1. The van der Waals surface area contributed by atoms with Crippen molar-refractivity contribution in [1.29, 1.82) is 0 Å². The second kappa shape index (κ2) is 5.32. The average Bonchev–Trinajstić information content (AvgIpc) is 2.87. The molecule has 2 aromatic rings. The molecule has 3 rings (SSSR count). The number of anilines is 1. The first kappa shape index (κ1) is 12.0. The van der Waals surface area contributed by atoms with Gasteiger partial charge in [-0.05, 0) is 6.07 Å². The van der Waals surface area contributed by atoms with Crippen LogP contribution in [-0.2, 0) is 4.74 Å². The van der Waals surface area contributed by atoms with E-state index in [0.29, 0.717) is 5.88 Å². The second-order valence-electron chi connectivity index (χ2n) is 4.53. The summed E-state index contributed by atoms with van der Waals surface area (Å²) in [6, 6.07) is 7.79. The third-order valence-electron chi connectivity index (χ3n) is 3.24. The monoisotopic (exact) mass is 260 g/mol. The van der Waals surface area contributed by atoms with Crippen LogP contribution in [0.15, 0.2) is 35.0 Å². The lowest BCUT2D eigenvalue weighted by atomic mass is 10.1. The molecule has 0 atom stereocenters. The number of hydrogen-bond acceptors (Lipinski definition) is 5. The summed E-state index contributed by atoms with van der Waals surface area (Å²) in [7, 11) is 0. The number of para-hydroxylation sites is 1. The highest BCUT2D eigenvalue weighted by atomic mass is 16.5. The molecule has 2 N–H and O–H groups in total. The topological polar surface area (TPSA) is 70.5 Å². The molecule has 1 aromatic heterocycles. The number of nitrogens with zero attached hydrogens (tertiary/aromatic N) is 1. The van der Waals surface area contributed by atoms with Crippen molar-refractivity contribution in [2.75, 3.05) is 18.9 Å². The summed E-state index contributed by atoms with van der Waals surface area (Å²) in [4.78, 5) is 0.